The Hall–Kier alpha value is -2.60. The van der Waals surface area contributed by atoms with Crippen molar-refractivity contribution in [3.05, 3.63) is 90.7 Å². The quantitative estimate of drug-likeness (QED) is 0.257. The maximum atomic E-state index is 13.7. The maximum Gasteiger partial charge on any atom is 0.255 e. The van der Waals surface area contributed by atoms with Crippen LogP contribution in [-0.4, -0.2) is 22.6 Å². The molecule has 0 saturated heterocycles. The van der Waals surface area contributed by atoms with Crippen molar-refractivity contribution in [2.24, 2.45) is 0 Å². The molecule has 0 bridgehead atoms. The first-order chi connectivity index (χ1) is 16.0. The summed E-state index contributed by atoms with van der Waals surface area (Å²) < 4.78 is 9.66. The number of hydrogen-bond donors (Lipinski definition) is 2. The van der Waals surface area contributed by atoms with Gasteiger partial charge in [-0.1, -0.05) is 30.3 Å². The molecule has 166 valence electrons. The molecule has 0 saturated carbocycles. The number of rotatable bonds is 4. The minimum atomic E-state index is -0.356. The van der Waals surface area contributed by atoms with Gasteiger partial charge < -0.3 is 15.4 Å². The molecule has 0 radical (unpaired) electrons. The van der Waals surface area contributed by atoms with E-state index in [1.165, 1.54) is 0 Å². The van der Waals surface area contributed by atoms with Gasteiger partial charge in [-0.2, -0.15) is 0 Å². The van der Waals surface area contributed by atoms with Crippen LogP contribution in [0.2, 0.25) is 0 Å². The van der Waals surface area contributed by atoms with E-state index in [1.54, 1.807) is 7.11 Å². The monoisotopic (exact) mass is 662 g/mol. The second-order valence-electron chi connectivity index (χ2n) is 7.70. The number of halogens is 2. The van der Waals surface area contributed by atoms with Crippen LogP contribution in [0.5, 0.6) is 5.75 Å². The molecule has 0 fully saturated rings. The van der Waals surface area contributed by atoms with Gasteiger partial charge in [0.05, 0.1) is 36.9 Å². The topological polar surface area (TPSA) is 68.2 Å². The highest BCUT2D eigenvalue weighted by molar-refractivity contribution is 14.1. The Labute approximate surface area is 218 Å². The first kappa shape index (κ1) is 22.2. The van der Waals surface area contributed by atoms with Crippen LogP contribution in [-0.2, 0) is 4.79 Å². The molecule has 0 aliphatic carbocycles. The largest absolute Gasteiger partial charge is 0.495 e. The second-order valence-corrected chi connectivity index (χ2v) is 10.0. The number of imidazole rings is 1. The summed E-state index contributed by atoms with van der Waals surface area (Å²) in [6, 6.07) is 21.3. The number of nitrogens with one attached hydrogen (secondary N) is 2. The molecule has 1 aromatic heterocycles. The highest BCUT2D eigenvalue weighted by atomic mass is 127. The van der Waals surface area contributed by atoms with Crippen molar-refractivity contribution in [2.75, 3.05) is 17.7 Å². The first-order valence-electron chi connectivity index (χ1n) is 10.3. The minimum Gasteiger partial charge on any atom is -0.495 e. The standard InChI is InChI=1S/C25H20I2N4O2/c1-14-21(24(32)29-16-8-4-3-5-9-16)22(15-12-17(26)23(33-2)18(27)13-15)31-20-11-7-6-10-19(20)30-25(31)28-14/h3-13,22H,1-2H3,(H,28,30)(H,29,32)/t22-/m1/s1. The number of allylic oxidation sites excluding steroid dienone is 1. The Bertz CT molecular complexity index is 1390. The number of fused-ring (bicyclic) bond motifs is 3. The SMILES string of the molecule is COc1c(I)cc([C@@H]2C(C(=O)Nc3ccccc3)=C(C)Nc3nc4ccccc4n32)cc1I. The van der Waals surface area contributed by atoms with Crippen molar-refractivity contribution in [3.8, 4) is 5.75 Å². The Morgan fingerprint density at radius 1 is 1.06 bits per heavy atom. The van der Waals surface area contributed by atoms with Gasteiger partial charge in [0.2, 0.25) is 5.95 Å². The number of ether oxygens (including phenoxy) is 1. The van der Waals surface area contributed by atoms with Gasteiger partial charge in [0, 0.05) is 11.4 Å². The van der Waals surface area contributed by atoms with Gasteiger partial charge in [0.15, 0.2) is 0 Å². The zero-order valence-electron chi connectivity index (χ0n) is 17.9. The molecule has 6 nitrogen and oxygen atoms in total. The van der Waals surface area contributed by atoms with Crippen molar-refractivity contribution in [1.29, 1.82) is 0 Å². The number of para-hydroxylation sites is 3. The average Bonchev–Trinajstić information content (AvgIpc) is 3.16. The van der Waals surface area contributed by atoms with E-state index in [9.17, 15) is 4.79 Å². The van der Waals surface area contributed by atoms with E-state index in [0.29, 0.717) is 5.57 Å². The zero-order valence-corrected chi connectivity index (χ0v) is 22.2. The molecule has 4 aromatic rings. The Morgan fingerprint density at radius 3 is 2.42 bits per heavy atom. The highest BCUT2D eigenvalue weighted by Crippen LogP contribution is 2.41. The third kappa shape index (κ3) is 3.99. The van der Waals surface area contributed by atoms with Gasteiger partial charge >= 0.3 is 0 Å². The van der Waals surface area contributed by atoms with E-state index in [1.807, 2.05) is 61.5 Å². The average molecular weight is 662 g/mol. The van der Waals surface area contributed by atoms with Crippen molar-refractivity contribution >= 4 is 73.8 Å². The molecular weight excluding hydrogens is 642 g/mol. The van der Waals surface area contributed by atoms with Crippen molar-refractivity contribution < 1.29 is 9.53 Å². The number of carbonyl (C=O) groups is 1. The highest BCUT2D eigenvalue weighted by Gasteiger charge is 2.34. The molecule has 0 unspecified atom stereocenters. The summed E-state index contributed by atoms with van der Waals surface area (Å²) >= 11 is 4.57. The Balaban J connectivity index is 1.71. The number of nitrogens with zero attached hydrogens (tertiary/aromatic N) is 2. The summed E-state index contributed by atoms with van der Waals surface area (Å²) in [5.74, 6) is 1.40. The van der Waals surface area contributed by atoms with Gasteiger partial charge in [-0.3, -0.25) is 9.36 Å². The lowest BCUT2D eigenvalue weighted by Gasteiger charge is -2.31. The molecule has 1 atom stereocenters. The fourth-order valence-corrected chi connectivity index (χ4v) is 6.48. The number of anilines is 2. The summed E-state index contributed by atoms with van der Waals surface area (Å²) in [7, 11) is 1.67. The zero-order chi connectivity index (χ0) is 23.1. The fraction of sp³-hybridized carbons (Fsp3) is 0.120. The maximum absolute atomic E-state index is 13.7. The van der Waals surface area contributed by atoms with E-state index in [-0.39, 0.29) is 11.9 Å². The number of carbonyl (C=O) groups excluding carboxylic acids is 1. The molecule has 2 N–H and O–H groups in total. The lowest BCUT2D eigenvalue weighted by molar-refractivity contribution is -0.113. The number of methoxy groups -OCH3 is 1. The molecule has 8 heteroatoms. The van der Waals surface area contributed by atoms with E-state index >= 15 is 0 Å². The second kappa shape index (κ2) is 8.98. The lowest BCUT2D eigenvalue weighted by atomic mass is 9.94. The van der Waals surface area contributed by atoms with Crippen LogP contribution >= 0.6 is 45.2 Å². The number of benzene rings is 3. The number of amides is 1. The summed E-state index contributed by atoms with van der Waals surface area (Å²) in [4.78, 5) is 18.4. The molecule has 1 amide bonds. The number of aromatic nitrogens is 2. The molecule has 33 heavy (non-hydrogen) atoms. The van der Waals surface area contributed by atoms with Crippen LogP contribution in [0.1, 0.15) is 18.5 Å². The van der Waals surface area contributed by atoms with Gasteiger partial charge in [-0.15, -0.1) is 0 Å². The van der Waals surface area contributed by atoms with Gasteiger partial charge in [0.1, 0.15) is 5.75 Å². The fourth-order valence-electron chi connectivity index (χ4n) is 4.23. The van der Waals surface area contributed by atoms with Crippen molar-refractivity contribution in [1.82, 2.24) is 9.55 Å². The van der Waals surface area contributed by atoms with Crippen LogP contribution < -0.4 is 15.4 Å². The summed E-state index contributed by atoms with van der Waals surface area (Å²) in [5, 5.41) is 6.43. The summed E-state index contributed by atoms with van der Waals surface area (Å²) in [6.45, 7) is 1.93. The Kier molecular flexibility index (Phi) is 6.04. The lowest BCUT2D eigenvalue weighted by Crippen LogP contribution is -2.31. The van der Waals surface area contributed by atoms with Gasteiger partial charge in [0.25, 0.3) is 5.91 Å². The third-order valence-electron chi connectivity index (χ3n) is 5.65. The molecule has 1 aliphatic rings. The van der Waals surface area contributed by atoms with E-state index in [4.69, 9.17) is 9.72 Å². The summed E-state index contributed by atoms with van der Waals surface area (Å²) in [5.41, 5.74) is 5.00. The predicted octanol–water partition coefficient (Wildman–Crippen LogP) is 6.18. The molecular formula is C25H20I2N4O2. The van der Waals surface area contributed by atoms with Crippen LogP contribution in [0.3, 0.4) is 0 Å². The van der Waals surface area contributed by atoms with Crippen molar-refractivity contribution in [2.45, 2.75) is 13.0 Å². The van der Waals surface area contributed by atoms with Crippen LogP contribution in [0.25, 0.3) is 11.0 Å². The van der Waals surface area contributed by atoms with Gasteiger partial charge in [-0.25, -0.2) is 4.98 Å². The first-order valence-corrected chi connectivity index (χ1v) is 12.5. The molecule has 3 aromatic carbocycles. The number of hydrogen-bond acceptors (Lipinski definition) is 4. The summed E-state index contributed by atoms with van der Waals surface area (Å²) in [6.07, 6.45) is 0. The normalized spacial score (nSPS) is 15.2. The van der Waals surface area contributed by atoms with Crippen LogP contribution in [0.15, 0.2) is 78.0 Å². The molecule has 2 heterocycles. The third-order valence-corrected chi connectivity index (χ3v) is 7.25. The molecule has 5 rings (SSSR count). The van der Waals surface area contributed by atoms with Gasteiger partial charge in [-0.05, 0) is 94.1 Å². The predicted molar refractivity (Wildman–Crippen MR) is 148 cm³/mol. The van der Waals surface area contributed by atoms with E-state index in [2.05, 4.69) is 72.5 Å². The molecule has 0 spiro atoms. The molecule has 1 aliphatic heterocycles. The minimum absolute atomic E-state index is 0.152. The van der Waals surface area contributed by atoms with Crippen molar-refractivity contribution in [3.63, 3.8) is 0 Å². The van der Waals surface area contributed by atoms with Crippen LogP contribution in [0, 0.1) is 7.14 Å². The smallest absolute Gasteiger partial charge is 0.255 e. The van der Waals surface area contributed by atoms with E-state index < -0.39 is 0 Å². The van der Waals surface area contributed by atoms with Crippen LogP contribution in [0.4, 0.5) is 11.6 Å². The Morgan fingerprint density at radius 2 is 1.73 bits per heavy atom. The van der Waals surface area contributed by atoms with E-state index in [0.717, 1.165) is 46.8 Å².